The Labute approximate surface area is 141 Å². The maximum atomic E-state index is 12.0. The van der Waals surface area contributed by atoms with Crippen LogP contribution >= 0.6 is 0 Å². The highest BCUT2D eigenvalue weighted by atomic mass is 16.5. The normalized spacial score (nSPS) is 12.0. The van der Waals surface area contributed by atoms with Crippen LogP contribution in [-0.4, -0.2) is 41.5 Å². The standard InChI is InChI=1S/C19H23NO4/c1-13(2)24-19(23)16-7-3-5-14(9-16)15-6-4-8-17(10-15)20-11-18(22)12-21/h3-10,13,18,20-22H,11-12H2,1-2H3. The fourth-order valence-corrected chi connectivity index (χ4v) is 2.22. The molecular weight excluding hydrogens is 306 g/mol. The molecule has 0 radical (unpaired) electrons. The Bertz CT molecular complexity index is 685. The quantitative estimate of drug-likeness (QED) is 0.681. The van der Waals surface area contributed by atoms with Crippen molar-refractivity contribution in [1.82, 2.24) is 0 Å². The topological polar surface area (TPSA) is 78.8 Å². The highest BCUT2D eigenvalue weighted by Gasteiger charge is 2.10. The smallest absolute Gasteiger partial charge is 0.338 e. The molecule has 0 aliphatic heterocycles. The third-order valence-electron chi connectivity index (χ3n) is 3.39. The van der Waals surface area contributed by atoms with Gasteiger partial charge in [0.25, 0.3) is 0 Å². The molecule has 3 N–H and O–H groups in total. The van der Waals surface area contributed by atoms with Crippen LogP contribution in [0.2, 0.25) is 0 Å². The van der Waals surface area contributed by atoms with Crippen molar-refractivity contribution in [2.45, 2.75) is 26.1 Å². The van der Waals surface area contributed by atoms with Gasteiger partial charge in [-0.25, -0.2) is 4.79 Å². The Morgan fingerprint density at radius 2 is 1.79 bits per heavy atom. The van der Waals surface area contributed by atoms with Gasteiger partial charge in [0.2, 0.25) is 0 Å². The summed E-state index contributed by atoms with van der Waals surface area (Å²) in [6.07, 6.45) is -0.963. The summed E-state index contributed by atoms with van der Waals surface area (Å²) in [5, 5.41) is 21.3. The SMILES string of the molecule is CC(C)OC(=O)c1cccc(-c2cccc(NCC(O)CO)c2)c1. The molecule has 24 heavy (non-hydrogen) atoms. The van der Waals surface area contributed by atoms with Crippen molar-refractivity contribution in [2.75, 3.05) is 18.5 Å². The maximum Gasteiger partial charge on any atom is 0.338 e. The van der Waals surface area contributed by atoms with Gasteiger partial charge in [-0.15, -0.1) is 0 Å². The van der Waals surface area contributed by atoms with Gasteiger partial charge in [0.15, 0.2) is 0 Å². The second kappa shape index (κ2) is 8.47. The summed E-state index contributed by atoms with van der Waals surface area (Å²) in [4.78, 5) is 12.0. The van der Waals surface area contributed by atoms with Crippen LogP contribution in [0.3, 0.4) is 0 Å². The van der Waals surface area contributed by atoms with E-state index in [-0.39, 0.29) is 25.2 Å². The van der Waals surface area contributed by atoms with Crippen molar-refractivity contribution in [3.05, 3.63) is 54.1 Å². The Hall–Kier alpha value is -2.37. The lowest BCUT2D eigenvalue weighted by Crippen LogP contribution is -2.22. The zero-order valence-electron chi connectivity index (χ0n) is 13.9. The van der Waals surface area contributed by atoms with E-state index in [1.165, 1.54) is 0 Å². The first-order valence-corrected chi connectivity index (χ1v) is 7.94. The second-order valence-electron chi connectivity index (χ2n) is 5.83. The number of hydrogen-bond donors (Lipinski definition) is 3. The zero-order chi connectivity index (χ0) is 17.5. The Morgan fingerprint density at radius 3 is 2.46 bits per heavy atom. The molecule has 0 fully saturated rings. The van der Waals surface area contributed by atoms with Crippen LogP contribution in [0.5, 0.6) is 0 Å². The van der Waals surface area contributed by atoms with Gasteiger partial charge in [0, 0.05) is 12.2 Å². The molecule has 0 aliphatic rings. The number of aliphatic hydroxyl groups is 2. The van der Waals surface area contributed by atoms with Gasteiger partial charge in [0.05, 0.1) is 24.4 Å². The minimum absolute atomic E-state index is 0.161. The molecule has 0 aliphatic carbocycles. The molecule has 5 heteroatoms. The molecule has 2 rings (SSSR count). The number of esters is 1. The van der Waals surface area contributed by atoms with E-state index >= 15 is 0 Å². The molecule has 2 aromatic rings. The number of carbonyl (C=O) groups excluding carboxylic acids is 1. The molecule has 0 spiro atoms. The van der Waals surface area contributed by atoms with Crippen molar-refractivity contribution in [3.8, 4) is 11.1 Å². The third-order valence-corrected chi connectivity index (χ3v) is 3.39. The average Bonchev–Trinajstić information content (AvgIpc) is 2.59. The summed E-state index contributed by atoms with van der Waals surface area (Å²) in [7, 11) is 0. The van der Waals surface area contributed by atoms with E-state index in [4.69, 9.17) is 9.84 Å². The predicted molar refractivity (Wildman–Crippen MR) is 94.0 cm³/mol. The van der Waals surface area contributed by atoms with Crippen molar-refractivity contribution < 1.29 is 19.7 Å². The van der Waals surface area contributed by atoms with E-state index in [0.29, 0.717) is 5.56 Å². The fourth-order valence-electron chi connectivity index (χ4n) is 2.22. The van der Waals surface area contributed by atoms with E-state index in [2.05, 4.69) is 5.32 Å². The van der Waals surface area contributed by atoms with Crippen LogP contribution in [0.1, 0.15) is 24.2 Å². The highest BCUT2D eigenvalue weighted by Crippen LogP contribution is 2.24. The molecule has 1 unspecified atom stereocenters. The van der Waals surface area contributed by atoms with Crippen molar-refractivity contribution in [3.63, 3.8) is 0 Å². The third kappa shape index (κ3) is 5.08. The average molecular weight is 329 g/mol. The van der Waals surface area contributed by atoms with E-state index < -0.39 is 6.10 Å². The van der Waals surface area contributed by atoms with Gasteiger partial charge in [-0.05, 0) is 49.2 Å². The number of anilines is 1. The van der Waals surface area contributed by atoms with Crippen LogP contribution in [0.25, 0.3) is 11.1 Å². The van der Waals surface area contributed by atoms with Gasteiger partial charge < -0.3 is 20.3 Å². The minimum atomic E-state index is -0.803. The Morgan fingerprint density at radius 1 is 1.12 bits per heavy atom. The molecule has 128 valence electrons. The minimum Gasteiger partial charge on any atom is -0.459 e. The number of aliphatic hydroxyl groups excluding tert-OH is 2. The number of nitrogens with one attached hydrogen (secondary N) is 1. The second-order valence-corrected chi connectivity index (χ2v) is 5.83. The predicted octanol–water partition coefficient (Wildman–Crippen LogP) is 2.68. The number of benzene rings is 2. The Balaban J connectivity index is 2.18. The summed E-state index contributed by atoms with van der Waals surface area (Å²) in [6, 6.07) is 14.9. The van der Waals surface area contributed by atoms with Crippen LogP contribution in [0.4, 0.5) is 5.69 Å². The fraction of sp³-hybridized carbons (Fsp3) is 0.316. The Kier molecular flexibility index (Phi) is 6.35. The van der Waals surface area contributed by atoms with E-state index in [1.807, 2.05) is 50.2 Å². The maximum absolute atomic E-state index is 12.0. The zero-order valence-corrected chi connectivity index (χ0v) is 13.9. The lowest BCUT2D eigenvalue weighted by Gasteiger charge is -2.12. The van der Waals surface area contributed by atoms with E-state index in [1.54, 1.807) is 12.1 Å². The molecule has 5 nitrogen and oxygen atoms in total. The first-order valence-electron chi connectivity index (χ1n) is 7.94. The summed E-state index contributed by atoms with van der Waals surface area (Å²) < 4.78 is 5.23. The highest BCUT2D eigenvalue weighted by molar-refractivity contribution is 5.91. The van der Waals surface area contributed by atoms with Gasteiger partial charge in [-0.2, -0.15) is 0 Å². The molecular formula is C19H23NO4. The first-order chi connectivity index (χ1) is 11.5. The van der Waals surface area contributed by atoms with Crippen molar-refractivity contribution in [1.29, 1.82) is 0 Å². The van der Waals surface area contributed by atoms with Crippen LogP contribution < -0.4 is 5.32 Å². The van der Waals surface area contributed by atoms with E-state index in [0.717, 1.165) is 16.8 Å². The van der Waals surface area contributed by atoms with Crippen LogP contribution in [0.15, 0.2) is 48.5 Å². The van der Waals surface area contributed by atoms with Crippen molar-refractivity contribution >= 4 is 11.7 Å². The number of hydrogen-bond acceptors (Lipinski definition) is 5. The summed E-state index contributed by atoms with van der Waals surface area (Å²) in [5.41, 5.74) is 3.18. The lowest BCUT2D eigenvalue weighted by atomic mass is 10.0. The van der Waals surface area contributed by atoms with E-state index in [9.17, 15) is 9.90 Å². The van der Waals surface area contributed by atoms with Gasteiger partial charge >= 0.3 is 5.97 Å². The van der Waals surface area contributed by atoms with Crippen molar-refractivity contribution in [2.24, 2.45) is 0 Å². The molecule has 2 aromatic carbocycles. The molecule has 0 saturated carbocycles. The van der Waals surface area contributed by atoms with Gasteiger partial charge in [-0.1, -0.05) is 24.3 Å². The first kappa shape index (κ1) is 18.0. The van der Waals surface area contributed by atoms with Crippen LogP contribution in [-0.2, 0) is 4.74 Å². The molecule has 0 saturated heterocycles. The number of rotatable bonds is 7. The summed E-state index contributed by atoms with van der Waals surface area (Å²) in [5.74, 6) is -0.341. The molecule has 0 bridgehead atoms. The molecule has 0 heterocycles. The molecule has 0 amide bonds. The number of carbonyl (C=O) groups is 1. The summed E-state index contributed by atoms with van der Waals surface area (Å²) in [6.45, 7) is 3.61. The van der Waals surface area contributed by atoms with Crippen LogP contribution in [0, 0.1) is 0 Å². The lowest BCUT2D eigenvalue weighted by molar-refractivity contribution is 0.0378. The van der Waals surface area contributed by atoms with Gasteiger partial charge in [-0.3, -0.25) is 0 Å². The molecule has 1 atom stereocenters. The monoisotopic (exact) mass is 329 g/mol. The number of ether oxygens (including phenoxy) is 1. The van der Waals surface area contributed by atoms with Gasteiger partial charge in [0.1, 0.15) is 0 Å². The largest absolute Gasteiger partial charge is 0.459 e. The summed E-state index contributed by atoms with van der Waals surface area (Å²) >= 11 is 0. The molecule has 0 aromatic heterocycles.